The fraction of sp³-hybridized carbons (Fsp3) is 0.273. The maximum atomic E-state index is 11.1. The van der Waals surface area contributed by atoms with Gasteiger partial charge in [0.25, 0.3) is 0 Å². The molecule has 0 saturated heterocycles. The minimum Gasteiger partial charge on any atom is -0.491 e. The molecule has 4 N–H and O–H groups in total. The molecule has 0 fully saturated rings. The Morgan fingerprint density at radius 3 is 2.69 bits per heavy atom. The average molecular weight is 222 g/mol. The largest absolute Gasteiger partial charge is 0.491 e. The first-order valence-corrected chi connectivity index (χ1v) is 4.79. The lowest BCUT2D eigenvalue weighted by Gasteiger charge is -2.10. The SMILES string of the molecule is CC(=O)c1cccc(OCC(N)C(N)=O)c1. The second kappa shape index (κ2) is 5.27. The number of hydrogen-bond donors (Lipinski definition) is 2. The van der Waals surface area contributed by atoms with Gasteiger partial charge in [0.1, 0.15) is 18.4 Å². The van der Waals surface area contributed by atoms with Gasteiger partial charge in [0.2, 0.25) is 5.91 Å². The highest BCUT2D eigenvalue weighted by atomic mass is 16.5. The Hall–Kier alpha value is -1.88. The molecular formula is C11H14N2O3. The van der Waals surface area contributed by atoms with Crippen LogP contribution in [0.4, 0.5) is 0 Å². The zero-order valence-electron chi connectivity index (χ0n) is 8.97. The number of Topliss-reactive ketones (excluding diaryl/α,β-unsaturated/α-hetero) is 1. The lowest BCUT2D eigenvalue weighted by atomic mass is 10.1. The van der Waals surface area contributed by atoms with E-state index in [1.807, 2.05) is 0 Å². The summed E-state index contributed by atoms with van der Waals surface area (Å²) in [5, 5.41) is 0. The fourth-order valence-corrected chi connectivity index (χ4v) is 1.07. The van der Waals surface area contributed by atoms with Crippen molar-refractivity contribution in [3.63, 3.8) is 0 Å². The van der Waals surface area contributed by atoms with Crippen molar-refractivity contribution in [2.75, 3.05) is 6.61 Å². The zero-order valence-corrected chi connectivity index (χ0v) is 8.97. The summed E-state index contributed by atoms with van der Waals surface area (Å²) in [5.74, 6) is -0.184. The summed E-state index contributed by atoms with van der Waals surface area (Å²) < 4.78 is 5.24. The average Bonchev–Trinajstić information content (AvgIpc) is 2.26. The first-order chi connectivity index (χ1) is 7.50. The standard InChI is InChI=1S/C11H14N2O3/c1-7(14)8-3-2-4-9(5-8)16-6-10(12)11(13)15/h2-5,10H,6,12H2,1H3,(H2,13,15). The third kappa shape index (κ3) is 3.36. The minimum atomic E-state index is -0.846. The Labute approximate surface area is 93.4 Å². The van der Waals surface area contributed by atoms with Gasteiger partial charge in [0, 0.05) is 5.56 Å². The summed E-state index contributed by atoms with van der Waals surface area (Å²) in [6.45, 7) is 1.46. The molecule has 0 spiro atoms. The molecular weight excluding hydrogens is 208 g/mol. The van der Waals surface area contributed by atoms with E-state index in [0.717, 1.165) is 0 Å². The number of ketones is 1. The smallest absolute Gasteiger partial charge is 0.237 e. The van der Waals surface area contributed by atoms with E-state index in [9.17, 15) is 9.59 Å². The van der Waals surface area contributed by atoms with Crippen molar-refractivity contribution in [2.24, 2.45) is 11.5 Å². The van der Waals surface area contributed by atoms with Gasteiger partial charge >= 0.3 is 0 Å². The van der Waals surface area contributed by atoms with Crippen molar-refractivity contribution in [2.45, 2.75) is 13.0 Å². The maximum Gasteiger partial charge on any atom is 0.237 e. The molecule has 16 heavy (non-hydrogen) atoms. The van der Waals surface area contributed by atoms with E-state index in [-0.39, 0.29) is 12.4 Å². The number of amides is 1. The van der Waals surface area contributed by atoms with Crippen LogP contribution in [0.25, 0.3) is 0 Å². The summed E-state index contributed by atoms with van der Waals surface area (Å²) in [7, 11) is 0. The second-order valence-corrected chi connectivity index (χ2v) is 3.40. The quantitative estimate of drug-likeness (QED) is 0.689. The highest BCUT2D eigenvalue weighted by Gasteiger charge is 2.10. The second-order valence-electron chi connectivity index (χ2n) is 3.40. The maximum absolute atomic E-state index is 11.1. The van der Waals surface area contributed by atoms with Gasteiger partial charge < -0.3 is 16.2 Å². The first kappa shape index (κ1) is 12.2. The van der Waals surface area contributed by atoms with Crippen molar-refractivity contribution >= 4 is 11.7 Å². The number of primary amides is 1. The Morgan fingerprint density at radius 2 is 2.12 bits per heavy atom. The first-order valence-electron chi connectivity index (χ1n) is 4.79. The number of benzene rings is 1. The summed E-state index contributed by atoms with van der Waals surface area (Å²) in [5.41, 5.74) is 10.9. The number of carbonyl (C=O) groups excluding carboxylic acids is 2. The Morgan fingerprint density at radius 1 is 1.44 bits per heavy atom. The molecule has 1 aromatic rings. The molecule has 86 valence electrons. The predicted molar refractivity (Wildman–Crippen MR) is 59.1 cm³/mol. The number of nitrogens with two attached hydrogens (primary N) is 2. The van der Waals surface area contributed by atoms with Crippen LogP contribution >= 0.6 is 0 Å². The molecule has 0 heterocycles. The number of carbonyl (C=O) groups is 2. The molecule has 1 unspecified atom stereocenters. The Balaban J connectivity index is 2.64. The summed E-state index contributed by atoms with van der Waals surface area (Å²) >= 11 is 0. The van der Waals surface area contributed by atoms with Crippen LogP contribution < -0.4 is 16.2 Å². The highest BCUT2D eigenvalue weighted by molar-refractivity contribution is 5.94. The van der Waals surface area contributed by atoms with E-state index in [1.165, 1.54) is 6.92 Å². The van der Waals surface area contributed by atoms with Gasteiger partial charge in [-0.1, -0.05) is 12.1 Å². The molecule has 0 aromatic heterocycles. The summed E-state index contributed by atoms with van der Waals surface area (Å²) in [6.07, 6.45) is 0. The summed E-state index contributed by atoms with van der Waals surface area (Å²) in [4.78, 5) is 21.7. The Kier molecular flexibility index (Phi) is 4.02. The monoisotopic (exact) mass is 222 g/mol. The van der Waals surface area contributed by atoms with E-state index in [2.05, 4.69) is 0 Å². The zero-order chi connectivity index (χ0) is 12.1. The summed E-state index contributed by atoms with van der Waals surface area (Å²) in [6, 6.07) is 5.81. The highest BCUT2D eigenvalue weighted by Crippen LogP contribution is 2.13. The third-order valence-electron chi connectivity index (χ3n) is 2.04. The van der Waals surface area contributed by atoms with Gasteiger partial charge in [-0.25, -0.2) is 0 Å². The van der Waals surface area contributed by atoms with Crippen molar-refractivity contribution in [1.82, 2.24) is 0 Å². The van der Waals surface area contributed by atoms with E-state index in [1.54, 1.807) is 24.3 Å². The van der Waals surface area contributed by atoms with E-state index < -0.39 is 11.9 Å². The molecule has 0 aliphatic rings. The van der Waals surface area contributed by atoms with Crippen molar-refractivity contribution < 1.29 is 14.3 Å². The van der Waals surface area contributed by atoms with Crippen LogP contribution in [0.2, 0.25) is 0 Å². The molecule has 0 aliphatic carbocycles. The van der Waals surface area contributed by atoms with Gasteiger partial charge in [-0.2, -0.15) is 0 Å². The molecule has 0 saturated carbocycles. The molecule has 0 bridgehead atoms. The molecule has 5 nitrogen and oxygen atoms in total. The third-order valence-corrected chi connectivity index (χ3v) is 2.04. The van der Waals surface area contributed by atoms with Crippen molar-refractivity contribution in [1.29, 1.82) is 0 Å². The minimum absolute atomic E-state index is 0.00328. The van der Waals surface area contributed by atoms with Gasteiger partial charge in [-0.05, 0) is 19.1 Å². The van der Waals surface area contributed by atoms with Crippen LogP contribution in [-0.4, -0.2) is 24.3 Å². The fourth-order valence-electron chi connectivity index (χ4n) is 1.07. The lowest BCUT2D eigenvalue weighted by Crippen LogP contribution is -2.41. The lowest BCUT2D eigenvalue weighted by molar-refractivity contribution is -0.119. The Bertz CT molecular complexity index is 404. The van der Waals surface area contributed by atoms with E-state index in [4.69, 9.17) is 16.2 Å². The number of ether oxygens (including phenoxy) is 1. The van der Waals surface area contributed by atoms with Crippen LogP contribution in [0.15, 0.2) is 24.3 Å². The molecule has 5 heteroatoms. The normalized spacial score (nSPS) is 11.9. The van der Waals surface area contributed by atoms with E-state index in [0.29, 0.717) is 11.3 Å². The van der Waals surface area contributed by atoms with Crippen LogP contribution in [0, 0.1) is 0 Å². The van der Waals surface area contributed by atoms with Crippen LogP contribution in [0.3, 0.4) is 0 Å². The molecule has 1 rings (SSSR count). The number of rotatable bonds is 5. The molecule has 1 atom stereocenters. The van der Waals surface area contributed by atoms with Crippen LogP contribution in [0.5, 0.6) is 5.75 Å². The van der Waals surface area contributed by atoms with Gasteiger partial charge in [0.15, 0.2) is 5.78 Å². The predicted octanol–water partition coefficient (Wildman–Crippen LogP) is 0.0806. The number of hydrogen-bond acceptors (Lipinski definition) is 4. The molecule has 0 aliphatic heterocycles. The molecule has 1 aromatic carbocycles. The van der Waals surface area contributed by atoms with Gasteiger partial charge in [-0.3, -0.25) is 9.59 Å². The van der Waals surface area contributed by atoms with Crippen LogP contribution in [-0.2, 0) is 4.79 Å². The molecule has 0 radical (unpaired) electrons. The van der Waals surface area contributed by atoms with Gasteiger partial charge in [-0.15, -0.1) is 0 Å². The van der Waals surface area contributed by atoms with Crippen molar-refractivity contribution in [3.8, 4) is 5.75 Å². The topological polar surface area (TPSA) is 95.4 Å². The molecule has 1 amide bonds. The van der Waals surface area contributed by atoms with Crippen LogP contribution in [0.1, 0.15) is 17.3 Å². The van der Waals surface area contributed by atoms with Gasteiger partial charge in [0.05, 0.1) is 0 Å². The van der Waals surface area contributed by atoms with E-state index >= 15 is 0 Å². The van der Waals surface area contributed by atoms with Crippen molar-refractivity contribution in [3.05, 3.63) is 29.8 Å².